The van der Waals surface area contributed by atoms with Crippen LogP contribution in [0, 0.1) is 0 Å². The molecule has 0 radical (unpaired) electrons. The molecule has 1 aromatic carbocycles. The molecule has 0 aliphatic heterocycles. The van der Waals surface area contributed by atoms with Gasteiger partial charge in [0.2, 0.25) is 6.39 Å². The van der Waals surface area contributed by atoms with E-state index in [1.54, 1.807) is 18.2 Å². The molecule has 1 heterocycles. The topological polar surface area (TPSA) is 73.1 Å². The number of nitrogens with zero attached hydrogens (tertiary/aromatic N) is 2. The van der Waals surface area contributed by atoms with E-state index >= 15 is 0 Å². The fourth-order valence-corrected chi connectivity index (χ4v) is 2.34. The van der Waals surface area contributed by atoms with Gasteiger partial charge in [-0.15, -0.1) is 0 Å². The summed E-state index contributed by atoms with van der Waals surface area (Å²) in [7, 11) is -3.37. The van der Waals surface area contributed by atoms with Gasteiger partial charge in [0.25, 0.3) is 0 Å². The Morgan fingerprint density at radius 1 is 1.20 bits per heavy atom. The Kier molecular flexibility index (Phi) is 2.51. The second-order valence-electron chi connectivity index (χ2n) is 2.92. The van der Waals surface area contributed by atoms with E-state index in [4.69, 9.17) is 0 Å². The van der Waals surface area contributed by atoms with Crippen LogP contribution < -0.4 is 0 Å². The van der Waals surface area contributed by atoms with Crippen LogP contribution in [0.5, 0.6) is 0 Å². The number of aromatic nitrogens is 2. The molecule has 0 saturated heterocycles. The molecule has 0 unspecified atom stereocenters. The molecular formula is C9H8N2O3S. The number of sulfone groups is 1. The standard InChI is InChI=1S/C9H8N2O3S/c12-15(13,6-9-10-7-14-11-9)8-4-2-1-3-5-8/h1-5,7H,6H2. The van der Waals surface area contributed by atoms with Gasteiger partial charge in [0.05, 0.1) is 4.90 Å². The van der Waals surface area contributed by atoms with Crippen LogP contribution in [0.1, 0.15) is 5.82 Å². The lowest BCUT2D eigenvalue weighted by Crippen LogP contribution is -2.05. The van der Waals surface area contributed by atoms with Crippen molar-refractivity contribution in [2.24, 2.45) is 0 Å². The third-order valence-corrected chi connectivity index (χ3v) is 3.46. The molecule has 0 aliphatic rings. The lowest BCUT2D eigenvalue weighted by atomic mass is 10.4. The number of benzene rings is 1. The SMILES string of the molecule is O=S(=O)(Cc1ncon1)c1ccccc1. The van der Waals surface area contributed by atoms with Crippen LogP contribution in [0.15, 0.2) is 46.1 Å². The van der Waals surface area contributed by atoms with E-state index < -0.39 is 9.84 Å². The van der Waals surface area contributed by atoms with E-state index in [0.717, 1.165) is 6.39 Å². The number of hydrogen-bond donors (Lipinski definition) is 0. The molecule has 0 N–H and O–H groups in total. The lowest BCUT2D eigenvalue weighted by Gasteiger charge is -1.99. The summed E-state index contributed by atoms with van der Waals surface area (Å²) in [6.07, 6.45) is 1.11. The Balaban J connectivity index is 2.29. The molecule has 0 atom stereocenters. The van der Waals surface area contributed by atoms with E-state index in [0.29, 0.717) is 0 Å². The van der Waals surface area contributed by atoms with Gasteiger partial charge in [-0.25, -0.2) is 8.42 Å². The monoisotopic (exact) mass is 224 g/mol. The highest BCUT2D eigenvalue weighted by molar-refractivity contribution is 7.90. The Bertz CT molecular complexity index is 520. The fraction of sp³-hybridized carbons (Fsp3) is 0.111. The minimum Gasteiger partial charge on any atom is -0.343 e. The van der Waals surface area contributed by atoms with Crippen LogP contribution in [0.2, 0.25) is 0 Å². The van der Waals surface area contributed by atoms with Crippen molar-refractivity contribution in [3.05, 3.63) is 42.5 Å². The zero-order chi connectivity index (χ0) is 10.7. The van der Waals surface area contributed by atoms with Crippen molar-refractivity contribution in [3.63, 3.8) is 0 Å². The predicted molar refractivity (Wildman–Crippen MR) is 51.6 cm³/mol. The van der Waals surface area contributed by atoms with Gasteiger partial charge in [-0.05, 0) is 12.1 Å². The van der Waals surface area contributed by atoms with E-state index in [1.807, 2.05) is 0 Å². The van der Waals surface area contributed by atoms with Crippen LogP contribution in [0.25, 0.3) is 0 Å². The van der Waals surface area contributed by atoms with Crippen LogP contribution in [0.3, 0.4) is 0 Å². The van der Waals surface area contributed by atoms with Crippen molar-refractivity contribution < 1.29 is 12.9 Å². The van der Waals surface area contributed by atoms with Gasteiger partial charge >= 0.3 is 0 Å². The summed E-state index contributed by atoms with van der Waals surface area (Å²) in [6.45, 7) is 0. The molecule has 78 valence electrons. The van der Waals surface area contributed by atoms with Gasteiger partial charge in [0, 0.05) is 0 Å². The maximum atomic E-state index is 11.8. The zero-order valence-corrected chi connectivity index (χ0v) is 8.52. The summed E-state index contributed by atoms with van der Waals surface area (Å²) < 4.78 is 28.0. The average molecular weight is 224 g/mol. The second kappa shape index (κ2) is 3.82. The minimum atomic E-state index is -3.37. The summed E-state index contributed by atoms with van der Waals surface area (Å²) >= 11 is 0. The predicted octanol–water partition coefficient (Wildman–Crippen LogP) is 1.04. The quantitative estimate of drug-likeness (QED) is 0.778. The van der Waals surface area contributed by atoms with Crippen LogP contribution >= 0.6 is 0 Å². The van der Waals surface area contributed by atoms with Gasteiger partial charge < -0.3 is 4.52 Å². The zero-order valence-electron chi connectivity index (χ0n) is 7.70. The second-order valence-corrected chi connectivity index (χ2v) is 4.91. The van der Waals surface area contributed by atoms with E-state index in [1.165, 1.54) is 12.1 Å². The summed E-state index contributed by atoms with van der Waals surface area (Å²) in [6, 6.07) is 8.17. The Labute approximate surface area is 86.7 Å². The van der Waals surface area contributed by atoms with Crippen molar-refractivity contribution in [2.75, 3.05) is 0 Å². The van der Waals surface area contributed by atoms with Gasteiger partial charge in [0.15, 0.2) is 15.7 Å². The Hall–Kier alpha value is -1.69. The highest BCUT2D eigenvalue weighted by Crippen LogP contribution is 2.13. The van der Waals surface area contributed by atoms with Crippen LogP contribution in [-0.2, 0) is 15.6 Å². The van der Waals surface area contributed by atoms with Crippen molar-refractivity contribution in [1.82, 2.24) is 10.1 Å². The summed E-state index contributed by atoms with van der Waals surface area (Å²) in [4.78, 5) is 3.93. The van der Waals surface area contributed by atoms with Gasteiger partial charge in [-0.2, -0.15) is 4.98 Å². The maximum absolute atomic E-state index is 11.8. The molecule has 0 spiro atoms. The van der Waals surface area contributed by atoms with E-state index in [9.17, 15) is 8.42 Å². The molecule has 0 fully saturated rings. The first-order chi connectivity index (χ1) is 7.18. The molecule has 2 rings (SSSR count). The molecule has 0 aliphatic carbocycles. The molecule has 15 heavy (non-hydrogen) atoms. The van der Waals surface area contributed by atoms with Crippen molar-refractivity contribution >= 4 is 9.84 Å². The Morgan fingerprint density at radius 3 is 2.53 bits per heavy atom. The molecule has 1 aromatic heterocycles. The molecule has 5 nitrogen and oxygen atoms in total. The average Bonchev–Trinajstić information content (AvgIpc) is 2.71. The summed E-state index contributed by atoms with van der Waals surface area (Å²) in [5.41, 5.74) is 0. The fourth-order valence-electron chi connectivity index (χ4n) is 1.14. The van der Waals surface area contributed by atoms with Crippen LogP contribution in [-0.4, -0.2) is 18.6 Å². The van der Waals surface area contributed by atoms with E-state index in [2.05, 4.69) is 14.7 Å². The molecular weight excluding hydrogens is 216 g/mol. The van der Waals surface area contributed by atoms with Gasteiger partial charge in [-0.3, -0.25) is 0 Å². The van der Waals surface area contributed by atoms with Gasteiger partial charge in [-0.1, -0.05) is 23.4 Å². The van der Waals surface area contributed by atoms with Crippen molar-refractivity contribution in [2.45, 2.75) is 10.6 Å². The maximum Gasteiger partial charge on any atom is 0.213 e. The molecule has 0 amide bonds. The Morgan fingerprint density at radius 2 is 1.93 bits per heavy atom. The molecule has 0 saturated carbocycles. The first-order valence-electron chi connectivity index (χ1n) is 4.21. The smallest absolute Gasteiger partial charge is 0.213 e. The van der Waals surface area contributed by atoms with E-state index in [-0.39, 0.29) is 16.5 Å². The van der Waals surface area contributed by atoms with Crippen molar-refractivity contribution in [1.29, 1.82) is 0 Å². The van der Waals surface area contributed by atoms with Crippen molar-refractivity contribution in [3.8, 4) is 0 Å². The minimum absolute atomic E-state index is 0.166. The highest BCUT2D eigenvalue weighted by atomic mass is 32.2. The normalized spacial score (nSPS) is 11.5. The number of hydrogen-bond acceptors (Lipinski definition) is 5. The molecule has 6 heteroatoms. The van der Waals surface area contributed by atoms with Crippen LogP contribution in [0.4, 0.5) is 0 Å². The first-order valence-corrected chi connectivity index (χ1v) is 5.87. The molecule has 0 bridgehead atoms. The third-order valence-electron chi connectivity index (χ3n) is 1.83. The largest absolute Gasteiger partial charge is 0.343 e. The summed E-state index contributed by atoms with van der Waals surface area (Å²) in [5.74, 6) is -0.0769. The summed E-state index contributed by atoms with van der Waals surface area (Å²) in [5, 5.41) is 3.46. The molecule has 2 aromatic rings. The number of rotatable bonds is 3. The first kappa shape index (κ1) is 9.85. The highest BCUT2D eigenvalue weighted by Gasteiger charge is 2.17. The van der Waals surface area contributed by atoms with Gasteiger partial charge in [0.1, 0.15) is 5.75 Å². The third kappa shape index (κ3) is 2.21. The lowest BCUT2D eigenvalue weighted by molar-refractivity contribution is 0.411.